The predicted octanol–water partition coefficient (Wildman–Crippen LogP) is 2.84. The Morgan fingerprint density at radius 2 is 1.79 bits per heavy atom. The summed E-state index contributed by atoms with van der Waals surface area (Å²) in [6, 6.07) is 9.99. The molecule has 1 N–H and O–H groups in total. The van der Waals surface area contributed by atoms with Crippen LogP contribution in [-0.4, -0.2) is 51.2 Å². The number of carbonyl (C=O) groups excluding carboxylic acids is 1. The second-order valence-electron chi connectivity index (χ2n) is 8.56. The fourth-order valence-corrected chi connectivity index (χ4v) is 5.06. The van der Waals surface area contributed by atoms with Crippen LogP contribution < -0.4 is 0 Å². The number of hydrogen-bond donors (Lipinski definition) is 1. The molecule has 1 aromatic carbocycles. The Balaban J connectivity index is 1.40. The third-order valence-electron chi connectivity index (χ3n) is 6.76. The van der Waals surface area contributed by atoms with E-state index >= 15 is 0 Å². The van der Waals surface area contributed by atoms with Crippen molar-refractivity contribution in [1.29, 1.82) is 0 Å². The number of aromatic nitrogens is 2. The minimum Gasteiger partial charge on any atom is -0.380 e. The highest BCUT2D eigenvalue weighted by Gasteiger charge is 2.47. The number of amides is 1. The summed E-state index contributed by atoms with van der Waals surface area (Å²) in [4.78, 5) is 24.2. The first-order valence-electron chi connectivity index (χ1n) is 10.7. The van der Waals surface area contributed by atoms with Gasteiger partial charge in [0, 0.05) is 24.8 Å². The summed E-state index contributed by atoms with van der Waals surface area (Å²) in [5, 5.41) is 10.7. The zero-order valence-corrected chi connectivity index (χ0v) is 16.6. The van der Waals surface area contributed by atoms with Crippen molar-refractivity contribution in [2.75, 3.05) is 19.7 Å². The van der Waals surface area contributed by atoms with E-state index in [-0.39, 0.29) is 5.91 Å². The number of hydrogen-bond acceptors (Lipinski definition) is 5. The van der Waals surface area contributed by atoms with Crippen LogP contribution in [0.1, 0.15) is 49.8 Å². The summed E-state index contributed by atoms with van der Waals surface area (Å²) in [5.74, 6) is 0.613. The molecule has 2 aromatic rings. The van der Waals surface area contributed by atoms with Crippen LogP contribution in [0.3, 0.4) is 0 Å². The number of nitrogens with zero attached hydrogens (tertiary/aromatic N) is 3. The molecular formula is C23H27N3O3. The maximum Gasteiger partial charge on any atom is 0.254 e. The van der Waals surface area contributed by atoms with Crippen LogP contribution >= 0.6 is 0 Å². The van der Waals surface area contributed by atoms with Crippen molar-refractivity contribution in [3.63, 3.8) is 0 Å². The van der Waals surface area contributed by atoms with Crippen LogP contribution in [0.2, 0.25) is 0 Å². The lowest BCUT2D eigenvalue weighted by Crippen LogP contribution is -2.54. The summed E-state index contributed by atoms with van der Waals surface area (Å²) < 4.78 is 6.31. The molecule has 0 radical (unpaired) electrons. The van der Waals surface area contributed by atoms with Gasteiger partial charge in [0.05, 0.1) is 12.3 Å². The largest absolute Gasteiger partial charge is 0.380 e. The number of fused-ring (bicyclic) bond motifs is 2. The van der Waals surface area contributed by atoms with Crippen LogP contribution in [0.15, 0.2) is 36.5 Å². The van der Waals surface area contributed by atoms with Gasteiger partial charge in [-0.1, -0.05) is 30.3 Å². The van der Waals surface area contributed by atoms with Crippen LogP contribution in [0, 0.1) is 0 Å². The van der Waals surface area contributed by atoms with E-state index in [0.29, 0.717) is 51.2 Å². The molecule has 2 fully saturated rings. The van der Waals surface area contributed by atoms with Crippen LogP contribution in [-0.2, 0) is 21.6 Å². The Kier molecular flexibility index (Phi) is 4.63. The zero-order valence-electron chi connectivity index (χ0n) is 16.6. The molecular weight excluding hydrogens is 366 g/mol. The third-order valence-corrected chi connectivity index (χ3v) is 6.76. The molecule has 6 nitrogen and oxygen atoms in total. The molecule has 0 bridgehead atoms. The molecule has 0 unspecified atom stereocenters. The molecule has 1 aliphatic carbocycles. The van der Waals surface area contributed by atoms with Gasteiger partial charge in [0.15, 0.2) is 5.82 Å². The van der Waals surface area contributed by atoms with Crippen LogP contribution in [0.4, 0.5) is 0 Å². The van der Waals surface area contributed by atoms with Gasteiger partial charge >= 0.3 is 0 Å². The molecule has 2 aliphatic heterocycles. The minimum atomic E-state index is -1.15. The molecule has 1 saturated heterocycles. The molecule has 1 amide bonds. The number of benzene rings is 1. The molecule has 3 heterocycles. The summed E-state index contributed by atoms with van der Waals surface area (Å²) in [7, 11) is 0. The average molecular weight is 393 g/mol. The third kappa shape index (κ3) is 3.24. The smallest absolute Gasteiger partial charge is 0.254 e. The van der Waals surface area contributed by atoms with Crippen molar-refractivity contribution < 1.29 is 14.6 Å². The van der Waals surface area contributed by atoms with Crippen molar-refractivity contribution >= 4 is 5.91 Å². The first-order chi connectivity index (χ1) is 14.1. The Morgan fingerprint density at radius 1 is 1.07 bits per heavy atom. The SMILES string of the molecule is O=C(N1CCC2(CC1)OCCc1cnc(-c3ccccc3)nc12)C1(O)CCCC1. The van der Waals surface area contributed by atoms with Gasteiger partial charge in [-0.3, -0.25) is 4.79 Å². The quantitative estimate of drug-likeness (QED) is 0.849. The van der Waals surface area contributed by atoms with Gasteiger partial charge in [0.2, 0.25) is 0 Å². The molecule has 6 heteroatoms. The van der Waals surface area contributed by atoms with Crippen molar-refractivity contribution in [2.45, 2.75) is 56.1 Å². The highest BCUT2D eigenvalue weighted by molar-refractivity contribution is 5.85. The second-order valence-corrected chi connectivity index (χ2v) is 8.56. The van der Waals surface area contributed by atoms with E-state index in [4.69, 9.17) is 9.72 Å². The lowest BCUT2D eigenvalue weighted by molar-refractivity contribution is -0.159. The molecule has 5 rings (SSSR count). The van der Waals surface area contributed by atoms with Crippen LogP contribution in [0.25, 0.3) is 11.4 Å². The number of carbonyl (C=O) groups is 1. The summed E-state index contributed by atoms with van der Waals surface area (Å²) >= 11 is 0. The topological polar surface area (TPSA) is 75.6 Å². The van der Waals surface area contributed by atoms with Crippen molar-refractivity contribution in [3.05, 3.63) is 47.8 Å². The maximum atomic E-state index is 12.9. The number of rotatable bonds is 2. The highest BCUT2D eigenvalue weighted by atomic mass is 16.5. The van der Waals surface area contributed by atoms with E-state index in [0.717, 1.165) is 36.1 Å². The van der Waals surface area contributed by atoms with Crippen LogP contribution in [0.5, 0.6) is 0 Å². The van der Waals surface area contributed by atoms with E-state index in [1.54, 1.807) is 0 Å². The van der Waals surface area contributed by atoms with Crippen molar-refractivity contribution in [3.8, 4) is 11.4 Å². The highest BCUT2D eigenvalue weighted by Crippen LogP contribution is 2.42. The molecule has 29 heavy (non-hydrogen) atoms. The molecule has 0 atom stereocenters. The molecule has 1 saturated carbocycles. The van der Waals surface area contributed by atoms with Gasteiger partial charge in [-0.05, 0) is 50.5 Å². The van der Waals surface area contributed by atoms with E-state index in [1.165, 1.54) is 0 Å². The summed E-state index contributed by atoms with van der Waals surface area (Å²) in [6.45, 7) is 1.83. The Labute approximate surface area is 170 Å². The first kappa shape index (κ1) is 18.7. The van der Waals surface area contributed by atoms with E-state index < -0.39 is 11.2 Å². The van der Waals surface area contributed by atoms with E-state index in [2.05, 4.69) is 4.98 Å². The first-order valence-corrected chi connectivity index (χ1v) is 10.7. The van der Waals surface area contributed by atoms with Crippen molar-refractivity contribution in [2.24, 2.45) is 0 Å². The van der Waals surface area contributed by atoms with Gasteiger partial charge in [-0.15, -0.1) is 0 Å². The zero-order chi connectivity index (χ0) is 19.9. The lowest BCUT2D eigenvalue weighted by atomic mass is 9.82. The molecule has 3 aliphatic rings. The average Bonchev–Trinajstić information content (AvgIpc) is 3.22. The van der Waals surface area contributed by atoms with Gasteiger partial charge in [0.1, 0.15) is 11.2 Å². The minimum absolute atomic E-state index is 0.103. The molecule has 152 valence electrons. The summed E-state index contributed by atoms with van der Waals surface area (Å²) in [5.41, 5.74) is 1.50. The maximum absolute atomic E-state index is 12.9. The standard InChI is InChI=1S/C23H27N3O3/c27-21(22(28)9-4-5-10-22)26-13-11-23(12-14-26)19-18(8-15-29-23)16-24-20(25-19)17-6-2-1-3-7-17/h1-3,6-7,16,28H,4-5,8-15H2. The monoisotopic (exact) mass is 393 g/mol. The predicted molar refractivity (Wildman–Crippen MR) is 108 cm³/mol. The Bertz CT molecular complexity index is 901. The lowest BCUT2D eigenvalue weighted by Gasteiger charge is -2.45. The normalized spacial score (nSPS) is 22.4. The van der Waals surface area contributed by atoms with Gasteiger partial charge < -0.3 is 14.7 Å². The number of likely N-dealkylation sites (tertiary alicyclic amines) is 1. The summed E-state index contributed by atoms with van der Waals surface area (Å²) in [6.07, 6.45) is 7.18. The van der Waals surface area contributed by atoms with Gasteiger partial charge in [-0.2, -0.15) is 0 Å². The second kappa shape index (κ2) is 7.18. The molecule has 1 aromatic heterocycles. The Hall–Kier alpha value is -2.31. The van der Waals surface area contributed by atoms with E-state index in [9.17, 15) is 9.90 Å². The van der Waals surface area contributed by atoms with Crippen molar-refractivity contribution in [1.82, 2.24) is 14.9 Å². The van der Waals surface area contributed by atoms with E-state index in [1.807, 2.05) is 41.4 Å². The number of aliphatic hydroxyl groups is 1. The van der Waals surface area contributed by atoms with Gasteiger partial charge in [0.25, 0.3) is 5.91 Å². The number of ether oxygens (including phenoxy) is 1. The fourth-order valence-electron chi connectivity index (χ4n) is 5.06. The number of piperidine rings is 1. The molecule has 1 spiro atoms. The Morgan fingerprint density at radius 3 is 2.52 bits per heavy atom. The fraction of sp³-hybridized carbons (Fsp3) is 0.522. The van der Waals surface area contributed by atoms with Gasteiger partial charge in [-0.25, -0.2) is 9.97 Å².